The number of aliphatic carboxylic acids is 1. The number of carbonyl (C=O) groups is 1. The summed E-state index contributed by atoms with van der Waals surface area (Å²) < 4.78 is 41.4. The van der Waals surface area contributed by atoms with Gasteiger partial charge in [-0.15, -0.1) is 5.10 Å². The molecule has 0 radical (unpaired) electrons. The molecule has 0 saturated heterocycles. The molecule has 2 rings (SSSR count). The molecule has 1 aromatic carbocycles. The van der Waals surface area contributed by atoms with Gasteiger partial charge in [-0.3, -0.25) is 0 Å². The van der Waals surface area contributed by atoms with Crippen LogP contribution in [0.3, 0.4) is 0 Å². The highest BCUT2D eigenvalue weighted by atomic mass is 19.1. The summed E-state index contributed by atoms with van der Waals surface area (Å²) in [6, 6.07) is 0.947. The largest absolute Gasteiger partial charge is 0.479 e. The molecule has 1 atom stereocenters. The lowest BCUT2D eigenvalue weighted by molar-refractivity contribution is -0.147. The SMILES string of the molecule is CCC(C)(C(=O)O)n1nnnc1-c1c(F)cc(F)cc1F. The highest BCUT2D eigenvalue weighted by Crippen LogP contribution is 2.29. The van der Waals surface area contributed by atoms with E-state index in [9.17, 15) is 23.1 Å². The van der Waals surface area contributed by atoms with Gasteiger partial charge in [0.2, 0.25) is 0 Å². The predicted molar refractivity (Wildman–Crippen MR) is 64.7 cm³/mol. The fraction of sp³-hybridized carbons (Fsp3) is 0.333. The molecule has 0 aliphatic rings. The lowest BCUT2D eigenvalue weighted by Crippen LogP contribution is -2.39. The van der Waals surface area contributed by atoms with Crippen molar-refractivity contribution in [2.45, 2.75) is 25.8 Å². The molecule has 1 heterocycles. The average molecular weight is 300 g/mol. The van der Waals surface area contributed by atoms with E-state index < -0.39 is 40.3 Å². The van der Waals surface area contributed by atoms with Crippen molar-refractivity contribution in [2.75, 3.05) is 0 Å². The molecule has 0 aliphatic carbocycles. The second-order valence-electron chi connectivity index (χ2n) is 4.59. The molecule has 1 unspecified atom stereocenters. The number of carboxylic acid groups (broad SMARTS) is 1. The first-order chi connectivity index (χ1) is 9.81. The highest BCUT2D eigenvalue weighted by molar-refractivity contribution is 5.77. The molecule has 1 aromatic heterocycles. The predicted octanol–water partition coefficient (Wildman–Crippen LogP) is 1.97. The Morgan fingerprint density at radius 2 is 1.90 bits per heavy atom. The summed E-state index contributed by atoms with van der Waals surface area (Å²) in [6.07, 6.45) is 0.0742. The lowest BCUT2D eigenvalue weighted by atomic mass is 9.99. The fourth-order valence-electron chi connectivity index (χ4n) is 1.82. The molecular formula is C12H11F3N4O2. The van der Waals surface area contributed by atoms with Gasteiger partial charge in [0.15, 0.2) is 11.4 Å². The molecule has 0 saturated carbocycles. The van der Waals surface area contributed by atoms with Gasteiger partial charge in [-0.25, -0.2) is 22.6 Å². The zero-order chi connectivity index (χ0) is 15.8. The minimum Gasteiger partial charge on any atom is -0.479 e. The Morgan fingerprint density at radius 1 is 1.33 bits per heavy atom. The Labute approximate surface area is 117 Å². The number of halogens is 3. The monoisotopic (exact) mass is 300 g/mol. The first kappa shape index (κ1) is 14.9. The third kappa shape index (κ3) is 2.34. The van der Waals surface area contributed by atoms with Crippen molar-refractivity contribution in [2.24, 2.45) is 0 Å². The zero-order valence-corrected chi connectivity index (χ0v) is 11.1. The van der Waals surface area contributed by atoms with E-state index in [0.29, 0.717) is 12.1 Å². The topological polar surface area (TPSA) is 80.9 Å². The Bertz CT molecular complexity index is 681. The minimum atomic E-state index is -1.59. The maximum atomic E-state index is 13.8. The van der Waals surface area contributed by atoms with Crippen LogP contribution in [0.15, 0.2) is 12.1 Å². The summed E-state index contributed by atoms with van der Waals surface area (Å²) in [6.45, 7) is 2.88. The normalized spacial score (nSPS) is 14.0. The van der Waals surface area contributed by atoms with Crippen LogP contribution in [0, 0.1) is 17.5 Å². The summed E-state index contributed by atoms with van der Waals surface area (Å²) in [7, 11) is 0. The van der Waals surface area contributed by atoms with Gasteiger partial charge in [0.05, 0.1) is 5.56 Å². The Balaban J connectivity index is 2.70. The van der Waals surface area contributed by atoms with Gasteiger partial charge in [0, 0.05) is 12.1 Å². The average Bonchev–Trinajstić information content (AvgIpc) is 2.85. The number of benzene rings is 1. The molecule has 0 fully saturated rings. The van der Waals surface area contributed by atoms with E-state index in [4.69, 9.17) is 0 Å². The summed E-state index contributed by atoms with van der Waals surface area (Å²) in [5.41, 5.74) is -2.27. The number of hydrogen-bond acceptors (Lipinski definition) is 4. The second-order valence-corrected chi connectivity index (χ2v) is 4.59. The van der Waals surface area contributed by atoms with Gasteiger partial charge in [0.25, 0.3) is 0 Å². The van der Waals surface area contributed by atoms with E-state index in [1.54, 1.807) is 6.92 Å². The molecule has 1 N–H and O–H groups in total. The summed E-state index contributed by atoms with van der Waals surface area (Å²) in [4.78, 5) is 11.4. The van der Waals surface area contributed by atoms with Crippen LogP contribution >= 0.6 is 0 Å². The van der Waals surface area contributed by atoms with Crippen LogP contribution in [0.4, 0.5) is 13.2 Å². The quantitative estimate of drug-likeness (QED) is 0.933. The van der Waals surface area contributed by atoms with Crippen molar-refractivity contribution in [3.05, 3.63) is 29.6 Å². The van der Waals surface area contributed by atoms with E-state index in [2.05, 4.69) is 15.5 Å². The van der Waals surface area contributed by atoms with Gasteiger partial charge in [0.1, 0.15) is 17.5 Å². The first-order valence-corrected chi connectivity index (χ1v) is 5.98. The van der Waals surface area contributed by atoms with Crippen LogP contribution in [-0.4, -0.2) is 31.3 Å². The van der Waals surface area contributed by atoms with Crippen LogP contribution in [0.1, 0.15) is 20.3 Å². The third-order valence-electron chi connectivity index (χ3n) is 3.32. The molecule has 2 aromatic rings. The summed E-state index contributed by atoms with van der Waals surface area (Å²) in [5.74, 6) is -5.21. The number of hydrogen-bond donors (Lipinski definition) is 1. The maximum Gasteiger partial charge on any atom is 0.331 e. The van der Waals surface area contributed by atoms with E-state index in [1.165, 1.54) is 6.92 Å². The van der Waals surface area contributed by atoms with Crippen molar-refractivity contribution in [3.8, 4) is 11.4 Å². The molecule has 21 heavy (non-hydrogen) atoms. The maximum absolute atomic E-state index is 13.8. The Kier molecular flexibility index (Phi) is 3.67. The number of nitrogens with zero attached hydrogens (tertiary/aromatic N) is 4. The second kappa shape index (κ2) is 5.15. The van der Waals surface area contributed by atoms with Gasteiger partial charge in [-0.05, 0) is 23.8 Å². The van der Waals surface area contributed by atoms with Crippen molar-refractivity contribution < 1.29 is 23.1 Å². The fourth-order valence-corrected chi connectivity index (χ4v) is 1.82. The molecule has 0 aliphatic heterocycles. The van der Waals surface area contributed by atoms with E-state index in [1.807, 2.05) is 0 Å². The number of carboxylic acids is 1. The van der Waals surface area contributed by atoms with Crippen molar-refractivity contribution in [1.29, 1.82) is 0 Å². The molecule has 0 bridgehead atoms. The van der Waals surface area contributed by atoms with Crippen molar-refractivity contribution >= 4 is 5.97 Å². The smallest absolute Gasteiger partial charge is 0.331 e. The number of tetrazole rings is 1. The van der Waals surface area contributed by atoms with Crippen LogP contribution in [0.5, 0.6) is 0 Å². The van der Waals surface area contributed by atoms with Gasteiger partial charge in [-0.2, -0.15) is 0 Å². The number of rotatable bonds is 4. The Morgan fingerprint density at radius 3 is 2.38 bits per heavy atom. The van der Waals surface area contributed by atoms with Crippen molar-refractivity contribution in [1.82, 2.24) is 20.2 Å². The highest BCUT2D eigenvalue weighted by Gasteiger charge is 2.38. The molecule has 0 spiro atoms. The first-order valence-electron chi connectivity index (χ1n) is 5.98. The van der Waals surface area contributed by atoms with Gasteiger partial charge in [-0.1, -0.05) is 6.92 Å². The van der Waals surface area contributed by atoms with E-state index >= 15 is 0 Å². The molecular weight excluding hydrogens is 289 g/mol. The van der Waals surface area contributed by atoms with Crippen LogP contribution in [0.25, 0.3) is 11.4 Å². The molecule has 112 valence electrons. The molecule has 9 heteroatoms. The van der Waals surface area contributed by atoms with E-state index in [-0.39, 0.29) is 6.42 Å². The summed E-state index contributed by atoms with van der Waals surface area (Å²) >= 11 is 0. The number of aromatic nitrogens is 4. The lowest BCUT2D eigenvalue weighted by Gasteiger charge is -2.24. The third-order valence-corrected chi connectivity index (χ3v) is 3.32. The van der Waals surface area contributed by atoms with Crippen LogP contribution in [-0.2, 0) is 10.3 Å². The zero-order valence-electron chi connectivity index (χ0n) is 11.1. The van der Waals surface area contributed by atoms with Crippen LogP contribution < -0.4 is 0 Å². The van der Waals surface area contributed by atoms with Crippen molar-refractivity contribution in [3.63, 3.8) is 0 Å². The molecule has 6 nitrogen and oxygen atoms in total. The van der Waals surface area contributed by atoms with Crippen LogP contribution in [0.2, 0.25) is 0 Å². The van der Waals surface area contributed by atoms with Gasteiger partial charge >= 0.3 is 5.97 Å². The molecule has 0 amide bonds. The Hall–Kier alpha value is -2.45. The summed E-state index contributed by atoms with van der Waals surface area (Å²) in [5, 5.41) is 19.5. The minimum absolute atomic E-state index is 0.0742. The van der Waals surface area contributed by atoms with Gasteiger partial charge < -0.3 is 5.11 Å². The standard InChI is InChI=1S/C12H11F3N4O2/c1-3-12(2,11(20)21)19-10(16-17-18-19)9-7(14)4-6(13)5-8(9)15/h4-5H,3H2,1-2H3,(H,20,21). The van der Waals surface area contributed by atoms with E-state index in [0.717, 1.165) is 4.68 Å².